The normalized spacial score (nSPS) is 17.2. The molecule has 1 aliphatic heterocycles. The Hall–Kier alpha value is -3.50. The number of nitrogens with one attached hydrogen (secondary N) is 1. The van der Waals surface area contributed by atoms with Gasteiger partial charge in [-0.25, -0.2) is 9.59 Å². The number of carbonyl (C=O) groups excluding carboxylic acids is 2. The third-order valence-electron chi connectivity index (χ3n) is 4.49. The van der Waals surface area contributed by atoms with Crippen molar-refractivity contribution in [2.45, 2.75) is 46.3 Å². The van der Waals surface area contributed by atoms with E-state index in [0.717, 1.165) is 0 Å². The molecule has 31 heavy (non-hydrogen) atoms. The van der Waals surface area contributed by atoms with E-state index in [9.17, 15) is 28.5 Å². The van der Waals surface area contributed by atoms with Gasteiger partial charge in [-0.2, -0.15) is 8.78 Å². The van der Waals surface area contributed by atoms with Crippen molar-refractivity contribution in [2.24, 2.45) is 0 Å². The lowest BCUT2D eigenvalue weighted by Gasteiger charge is -2.28. The van der Waals surface area contributed by atoms with Crippen molar-refractivity contribution in [2.75, 3.05) is 6.61 Å². The topological polar surface area (TPSA) is 117 Å². The van der Waals surface area contributed by atoms with Gasteiger partial charge < -0.3 is 19.5 Å². The predicted octanol–water partition coefficient (Wildman–Crippen LogP) is 3.25. The Kier molecular flexibility index (Phi) is 7.67. The van der Waals surface area contributed by atoms with E-state index in [1.807, 2.05) is 0 Å². The zero-order valence-electron chi connectivity index (χ0n) is 17.3. The number of ether oxygens (including phenoxy) is 3. The molecule has 9 nitrogen and oxygen atoms in total. The summed E-state index contributed by atoms with van der Waals surface area (Å²) >= 11 is 0. The zero-order chi connectivity index (χ0) is 23.3. The fourth-order valence-electron chi connectivity index (χ4n) is 3.25. The number of carbonyl (C=O) groups is 2. The summed E-state index contributed by atoms with van der Waals surface area (Å²) in [7, 11) is 0. The van der Waals surface area contributed by atoms with Crippen molar-refractivity contribution in [1.82, 2.24) is 5.32 Å². The molecule has 0 amide bonds. The summed E-state index contributed by atoms with van der Waals surface area (Å²) in [6.07, 6.45) is -1.29. The van der Waals surface area contributed by atoms with Crippen LogP contribution in [0.25, 0.3) is 0 Å². The highest BCUT2D eigenvalue weighted by Crippen LogP contribution is 2.42. The minimum atomic E-state index is -3.18. The molecule has 0 spiro atoms. The molecule has 168 valence electrons. The summed E-state index contributed by atoms with van der Waals surface area (Å²) in [4.78, 5) is 35.9. The van der Waals surface area contributed by atoms with Crippen molar-refractivity contribution in [3.05, 3.63) is 62.6 Å². The molecule has 0 aromatic heterocycles. The molecular formula is C20H22F2N2O7. The lowest BCUT2D eigenvalue weighted by atomic mass is 9.83. The molecule has 1 N–H and O–H groups in total. The van der Waals surface area contributed by atoms with Crippen LogP contribution in [0, 0.1) is 10.1 Å². The van der Waals surface area contributed by atoms with Gasteiger partial charge in [-0.1, -0.05) is 18.2 Å². The summed E-state index contributed by atoms with van der Waals surface area (Å²) in [5.74, 6) is -3.53. The van der Waals surface area contributed by atoms with Crippen molar-refractivity contribution in [3.8, 4) is 5.75 Å². The van der Waals surface area contributed by atoms with Crippen molar-refractivity contribution >= 4 is 11.9 Å². The molecule has 2 rings (SSSR count). The van der Waals surface area contributed by atoms with Gasteiger partial charge in [0.1, 0.15) is 11.7 Å². The second kappa shape index (κ2) is 10.0. The Bertz CT molecular complexity index is 943. The van der Waals surface area contributed by atoms with Crippen LogP contribution in [-0.4, -0.2) is 36.2 Å². The van der Waals surface area contributed by atoms with Crippen LogP contribution >= 0.6 is 0 Å². The SMILES string of the molecule is CCOC(=O)C(C)OC(=O)C1=C(C)NC(C)=C([N+](=O)[O-])C1c1ccccc1OC(F)F. The number of benzene rings is 1. The third kappa shape index (κ3) is 5.36. The van der Waals surface area contributed by atoms with Crippen LogP contribution in [0.2, 0.25) is 0 Å². The standard InChI is InChI=1S/C20H22F2N2O7/c1-5-29-18(25)12(4)30-19(26)15-10(2)23-11(3)17(24(27)28)16(15)13-8-6-7-9-14(13)31-20(21)22/h6-9,12,16,20,23H,5H2,1-4H3. The molecule has 0 aliphatic carbocycles. The van der Waals surface area contributed by atoms with Crippen molar-refractivity contribution in [3.63, 3.8) is 0 Å². The molecule has 11 heteroatoms. The highest BCUT2D eigenvalue weighted by Gasteiger charge is 2.43. The van der Waals surface area contributed by atoms with Crippen LogP contribution in [0.15, 0.2) is 46.9 Å². The third-order valence-corrected chi connectivity index (χ3v) is 4.49. The number of alkyl halides is 2. The van der Waals surface area contributed by atoms with Crippen molar-refractivity contribution < 1.29 is 37.5 Å². The fraction of sp³-hybridized carbons (Fsp3) is 0.400. The number of nitrogens with zero attached hydrogens (tertiary/aromatic N) is 1. The average Bonchev–Trinajstić information content (AvgIpc) is 2.67. The van der Waals surface area contributed by atoms with Crippen LogP contribution in [-0.2, 0) is 19.1 Å². The largest absolute Gasteiger partial charge is 0.463 e. The molecule has 0 radical (unpaired) electrons. The summed E-state index contributed by atoms with van der Waals surface area (Å²) in [6, 6.07) is 5.46. The maximum absolute atomic E-state index is 13.0. The van der Waals surface area contributed by atoms with Crippen LogP contribution in [0.5, 0.6) is 5.75 Å². The summed E-state index contributed by atoms with van der Waals surface area (Å²) < 4.78 is 40.4. The average molecular weight is 440 g/mol. The van der Waals surface area contributed by atoms with Gasteiger partial charge in [-0.15, -0.1) is 0 Å². The second-order valence-corrected chi connectivity index (χ2v) is 6.58. The molecule has 0 bridgehead atoms. The van der Waals surface area contributed by atoms with Gasteiger partial charge in [0.15, 0.2) is 6.10 Å². The quantitative estimate of drug-likeness (QED) is 0.372. The number of halogens is 2. The Morgan fingerprint density at radius 3 is 2.45 bits per heavy atom. The van der Waals surface area contributed by atoms with E-state index < -0.39 is 41.2 Å². The van der Waals surface area contributed by atoms with Gasteiger partial charge in [0, 0.05) is 11.3 Å². The highest BCUT2D eigenvalue weighted by atomic mass is 19.3. The number of hydrogen-bond acceptors (Lipinski definition) is 8. The highest BCUT2D eigenvalue weighted by molar-refractivity contribution is 5.94. The van der Waals surface area contributed by atoms with Crippen LogP contribution in [0.4, 0.5) is 8.78 Å². The Morgan fingerprint density at radius 1 is 1.23 bits per heavy atom. The monoisotopic (exact) mass is 440 g/mol. The van der Waals surface area contributed by atoms with Gasteiger partial charge in [0.05, 0.1) is 22.8 Å². The Labute approximate surface area is 176 Å². The lowest BCUT2D eigenvalue weighted by molar-refractivity contribution is -0.431. The van der Waals surface area contributed by atoms with E-state index in [1.165, 1.54) is 45.0 Å². The van der Waals surface area contributed by atoms with Crippen LogP contribution in [0.3, 0.4) is 0 Å². The minimum absolute atomic E-state index is 0.0227. The van der Waals surface area contributed by atoms with Gasteiger partial charge in [-0.3, -0.25) is 10.1 Å². The predicted molar refractivity (Wildman–Crippen MR) is 104 cm³/mol. The zero-order valence-corrected chi connectivity index (χ0v) is 17.3. The van der Waals surface area contributed by atoms with E-state index >= 15 is 0 Å². The first-order valence-electron chi connectivity index (χ1n) is 9.32. The van der Waals surface area contributed by atoms with E-state index in [-0.39, 0.29) is 34.9 Å². The lowest BCUT2D eigenvalue weighted by Crippen LogP contribution is -2.34. The Morgan fingerprint density at radius 2 is 1.87 bits per heavy atom. The molecule has 1 aromatic carbocycles. The van der Waals surface area contributed by atoms with Crippen molar-refractivity contribution in [1.29, 1.82) is 0 Å². The van der Waals surface area contributed by atoms with Crippen LogP contribution < -0.4 is 10.1 Å². The van der Waals surface area contributed by atoms with E-state index in [4.69, 9.17) is 9.47 Å². The molecule has 0 saturated heterocycles. The second-order valence-electron chi connectivity index (χ2n) is 6.58. The number of hydrogen-bond donors (Lipinski definition) is 1. The molecule has 1 heterocycles. The number of rotatable bonds is 8. The van der Waals surface area contributed by atoms with Gasteiger partial charge >= 0.3 is 18.6 Å². The summed E-state index contributed by atoms with van der Waals surface area (Å²) in [6.45, 7) is 2.66. The molecular weight excluding hydrogens is 418 g/mol. The van der Waals surface area contributed by atoms with E-state index in [0.29, 0.717) is 0 Å². The maximum Gasteiger partial charge on any atom is 0.387 e. The molecule has 2 atom stereocenters. The number of esters is 2. The van der Waals surface area contributed by atoms with Gasteiger partial charge in [0.2, 0.25) is 0 Å². The smallest absolute Gasteiger partial charge is 0.387 e. The molecule has 1 aromatic rings. The number of para-hydroxylation sites is 1. The molecule has 2 unspecified atom stereocenters. The molecule has 0 fully saturated rings. The van der Waals surface area contributed by atoms with Crippen LogP contribution in [0.1, 0.15) is 39.2 Å². The number of allylic oxidation sites excluding steroid dienone is 3. The molecule has 1 aliphatic rings. The first kappa shape index (κ1) is 23.8. The summed E-state index contributed by atoms with van der Waals surface area (Å²) in [5, 5.41) is 14.6. The Balaban J connectivity index is 2.58. The first-order chi connectivity index (χ1) is 14.6. The molecule has 0 saturated carbocycles. The number of nitro groups is 1. The first-order valence-corrected chi connectivity index (χ1v) is 9.32. The minimum Gasteiger partial charge on any atom is -0.463 e. The van der Waals surface area contributed by atoms with E-state index in [2.05, 4.69) is 10.1 Å². The fourth-order valence-corrected chi connectivity index (χ4v) is 3.25. The van der Waals surface area contributed by atoms with Gasteiger partial charge in [-0.05, 0) is 33.8 Å². The number of dihydropyridines is 1. The van der Waals surface area contributed by atoms with E-state index in [1.54, 1.807) is 6.92 Å². The summed E-state index contributed by atoms with van der Waals surface area (Å²) in [5.41, 5.74) is -0.341. The van der Waals surface area contributed by atoms with Gasteiger partial charge in [0.25, 0.3) is 5.70 Å². The maximum atomic E-state index is 13.0.